The van der Waals surface area contributed by atoms with Crippen LogP contribution >= 0.6 is 0 Å². The van der Waals surface area contributed by atoms with E-state index in [0.717, 1.165) is 11.1 Å². The van der Waals surface area contributed by atoms with Crippen LogP contribution in [-0.2, 0) is 6.54 Å². The number of nitrogens with zero attached hydrogens (tertiary/aromatic N) is 2. The molecule has 4 heteroatoms. The fourth-order valence-electron chi connectivity index (χ4n) is 1.59. The second-order valence-corrected chi connectivity index (χ2v) is 3.60. The van der Waals surface area contributed by atoms with E-state index in [2.05, 4.69) is 4.98 Å². The van der Waals surface area contributed by atoms with E-state index in [1.165, 1.54) is 12.1 Å². The lowest BCUT2D eigenvalue weighted by molar-refractivity contribution is 0.111. The van der Waals surface area contributed by atoms with Gasteiger partial charge in [0.2, 0.25) is 0 Å². The molecular weight excluding hydrogens is 207 g/mol. The Morgan fingerprint density at radius 1 is 1.50 bits per heavy atom. The van der Waals surface area contributed by atoms with E-state index in [9.17, 15) is 9.18 Å². The van der Waals surface area contributed by atoms with Crippen molar-refractivity contribution in [3.63, 3.8) is 0 Å². The van der Waals surface area contributed by atoms with Gasteiger partial charge >= 0.3 is 0 Å². The number of carbonyl (C=O) groups excluding carboxylic acids is 1. The van der Waals surface area contributed by atoms with Crippen LogP contribution in [0.15, 0.2) is 30.6 Å². The molecule has 0 aliphatic carbocycles. The van der Waals surface area contributed by atoms with Gasteiger partial charge < -0.3 is 4.57 Å². The summed E-state index contributed by atoms with van der Waals surface area (Å²) in [5.74, 6) is 0.131. The first-order chi connectivity index (χ1) is 7.70. The van der Waals surface area contributed by atoms with Crippen molar-refractivity contribution in [1.29, 1.82) is 0 Å². The Kier molecular flexibility index (Phi) is 2.81. The first-order valence-electron chi connectivity index (χ1n) is 4.92. The van der Waals surface area contributed by atoms with E-state index in [1.807, 2.05) is 6.92 Å². The Bertz CT molecular complexity index is 519. The summed E-state index contributed by atoms with van der Waals surface area (Å²) < 4.78 is 14.6. The fraction of sp³-hybridized carbons (Fsp3) is 0.167. The minimum Gasteiger partial charge on any atom is -0.324 e. The van der Waals surface area contributed by atoms with Gasteiger partial charge in [-0.15, -0.1) is 0 Å². The van der Waals surface area contributed by atoms with Gasteiger partial charge in [0.15, 0.2) is 12.1 Å². The molecule has 0 amide bonds. The van der Waals surface area contributed by atoms with Crippen LogP contribution in [0.1, 0.15) is 21.7 Å². The van der Waals surface area contributed by atoms with Crippen molar-refractivity contribution >= 4 is 6.29 Å². The molecule has 0 saturated heterocycles. The molecule has 1 heterocycles. The maximum atomic E-state index is 12.9. The number of imidazole rings is 1. The van der Waals surface area contributed by atoms with Gasteiger partial charge in [-0.2, -0.15) is 0 Å². The highest BCUT2D eigenvalue weighted by Gasteiger charge is 2.04. The van der Waals surface area contributed by atoms with Crippen LogP contribution in [0.2, 0.25) is 0 Å². The van der Waals surface area contributed by atoms with Gasteiger partial charge in [-0.05, 0) is 30.2 Å². The predicted molar refractivity (Wildman–Crippen MR) is 57.9 cm³/mol. The number of rotatable bonds is 3. The summed E-state index contributed by atoms with van der Waals surface area (Å²) in [6.07, 6.45) is 4.01. The van der Waals surface area contributed by atoms with Crippen molar-refractivity contribution in [2.24, 2.45) is 0 Å². The van der Waals surface area contributed by atoms with Crippen LogP contribution in [0.25, 0.3) is 0 Å². The maximum absolute atomic E-state index is 12.9. The van der Waals surface area contributed by atoms with Crippen LogP contribution in [0.3, 0.4) is 0 Å². The normalized spacial score (nSPS) is 10.4. The zero-order chi connectivity index (χ0) is 11.5. The SMILES string of the molecule is Cc1cc(F)ccc1Cn1ccnc1C=O. The quantitative estimate of drug-likeness (QED) is 0.740. The van der Waals surface area contributed by atoms with E-state index in [-0.39, 0.29) is 5.82 Å². The second-order valence-electron chi connectivity index (χ2n) is 3.60. The molecule has 3 nitrogen and oxygen atoms in total. The van der Waals surface area contributed by atoms with Gasteiger partial charge in [-0.3, -0.25) is 4.79 Å². The molecular formula is C12H11FN2O. The number of benzene rings is 1. The van der Waals surface area contributed by atoms with Crippen LogP contribution < -0.4 is 0 Å². The zero-order valence-electron chi connectivity index (χ0n) is 8.85. The van der Waals surface area contributed by atoms with Crippen molar-refractivity contribution in [3.05, 3.63) is 53.4 Å². The van der Waals surface area contributed by atoms with Crippen molar-refractivity contribution in [2.75, 3.05) is 0 Å². The molecule has 0 fully saturated rings. The Morgan fingerprint density at radius 3 is 3.00 bits per heavy atom. The molecule has 2 rings (SSSR count). The summed E-state index contributed by atoms with van der Waals surface area (Å²) in [6, 6.07) is 4.62. The summed E-state index contributed by atoms with van der Waals surface area (Å²) in [5, 5.41) is 0. The average molecular weight is 218 g/mol. The van der Waals surface area contributed by atoms with E-state index in [0.29, 0.717) is 18.7 Å². The third kappa shape index (κ3) is 2.00. The number of hydrogen-bond acceptors (Lipinski definition) is 2. The number of aryl methyl sites for hydroxylation is 1. The zero-order valence-corrected chi connectivity index (χ0v) is 8.85. The van der Waals surface area contributed by atoms with E-state index in [1.54, 1.807) is 23.0 Å². The molecule has 0 radical (unpaired) electrons. The van der Waals surface area contributed by atoms with Crippen LogP contribution in [0.5, 0.6) is 0 Å². The standard InChI is InChI=1S/C12H11FN2O/c1-9-6-11(13)3-2-10(9)7-15-5-4-14-12(15)8-16/h2-6,8H,7H2,1H3. The van der Waals surface area contributed by atoms with Gasteiger partial charge in [0.25, 0.3) is 0 Å². The number of hydrogen-bond donors (Lipinski definition) is 0. The monoisotopic (exact) mass is 218 g/mol. The Labute approximate surface area is 92.5 Å². The number of halogens is 1. The molecule has 1 aromatic heterocycles. The number of aromatic nitrogens is 2. The first kappa shape index (κ1) is 10.5. The third-order valence-corrected chi connectivity index (χ3v) is 2.50. The topological polar surface area (TPSA) is 34.9 Å². The molecule has 0 unspecified atom stereocenters. The molecule has 16 heavy (non-hydrogen) atoms. The molecule has 2 aromatic rings. The molecule has 0 N–H and O–H groups in total. The number of carbonyl (C=O) groups is 1. The minimum absolute atomic E-state index is 0.248. The van der Waals surface area contributed by atoms with Crippen LogP contribution in [0.4, 0.5) is 4.39 Å². The van der Waals surface area contributed by atoms with Gasteiger partial charge in [-0.1, -0.05) is 6.07 Å². The summed E-state index contributed by atoms with van der Waals surface area (Å²) in [4.78, 5) is 14.6. The first-order valence-corrected chi connectivity index (χ1v) is 4.92. The van der Waals surface area contributed by atoms with Crippen molar-refractivity contribution in [2.45, 2.75) is 13.5 Å². The highest BCUT2D eigenvalue weighted by molar-refractivity contribution is 5.69. The Morgan fingerprint density at radius 2 is 2.31 bits per heavy atom. The maximum Gasteiger partial charge on any atom is 0.185 e. The lowest BCUT2D eigenvalue weighted by Gasteiger charge is -2.07. The molecule has 0 aliphatic rings. The highest BCUT2D eigenvalue weighted by atomic mass is 19.1. The van der Waals surface area contributed by atoms with Crippen molar-refractivity contribution < 1.29 is 9.18 Å². The summed E-state index contributed by atoms with van der Waals surface area (Å²) >= 11 is 0. The van der Waals surface area contributed by atoms with E-state index < -0.39 is 0 Å². The van der Waals surface area contributed by atoms with E-state index >= 15 is 0 Å². The van der Waals surface area contributed by atoms with Crippen LogP contribution in [0, 0.1) is 12.7 Å². The molecule has 0 saturated carbocycles. The predicted octanol–water partition coefficient (Wildman–Crippen LogP) is 2.19. The van der Waals surface area contributed by atoms with E-state index in [4.69, 9.17) is 0 Å². The fourth-order valence-corrected chi connectivity index (χ4v) is 1.59. The Balaban J connectivity index is 2.30. The molecule has 0 aliphatic heterocycles. The lowest BCUT2D eigenvalue weighted by Crippen LogP contribution is -2.04. The van der Waals surface area contributed by atoms with Gasteiger partial charge in [0.05, 0.1) is 0 Å². The minimum atomic E-state index is -0.248. The van der Waals surface area contributed by atoms with Gasteiger partial charge in [-0.25, -0.2) is 9.37 Å². The third-order valence-electron chi connectivity index (χ3n) is 2.50. The number of aldehydes is 1. The Hall–Kier alpha value is -1.97. The average Bonchev–Trinajstić information content (AvgIpc) is 2.69. The molecule has 82 valence electrons. The molecule has 0 bridgehead atoms. The van der Waals surface area contributed by atoms with Crippen molar-refractivity contribution in [3.8, 4) is 0 Å². The second kappa shape index (κ2) is 4.26. The summed E-state index contributed by atoms with van der Waals surface area (Å²) in [5.41, 5.74) is 1.84. The van der Waals surface area contributed by atoms with Crippen molar-refractivity contribution in [1.82, 2.24) is 9.55 Å². The largest absolute Gasteiger partial charge is 0.324 e. The summed E-state index contributed by atoms with van der Waals surface area (Å²) in [7, 11) is 0. The van der Waals surface area contributed by atoms with Gasteiger partial charge in [0.1, 0.15) is 5.82 Å². The lowest BCUT2D eigenvalue weighted by atomic mass is 10.1. The van der Waals surface area contributed by atoms with Crippen LogP contribution in [-0.4, -0.2) is 15.8 Å². The molecule has 0 atom stereocenters. The summed E-state index contributed by atoms with van der Waals surface area (Å²) in [6.45, 7) is 2.37. The highest BCUT2D eigenvalue weighted by Crippen LogP contribution is 2.12. The molecule has 0 spiro atoms. The van der Waals surface area contributed by atoms with Gasteiger partial charge in [0, 0.05) is 18.9 Å². The smallest absolute Gasteiger partial charge is 0.185 e. The molecule has 1 aromatic carbocycles.